The van der Waals surface area contributed by atoms with E-state index in [4.69, 9.17) is 10.8 Å². The van der Waals surface area contributed by atoms with E-state index >= 15 is 0 Å². The van der Waals surface area contributed by atoms with Gasteiger partial charge >= 0.3 is 12.0 Å². The lowest BCUT2D eigenvalue weighted by Gasteiger charge is -2.20. The van der Waals surface area contributed by atoms with Gasteiger partial charge in [-0.15, -0.1) is 0 Å². The topological polar surface area (TPSA) is 142 Å². The molecule has 0 heterocycles. The van der Waals surface area contributed by atoms with E-state index < -0.39 is 30.0 Å². The third-order valence-electron chi connectivity index (χ3n) is 2.44. The van der Waals surface area contributed by atoms with E-state index in [1.54, 1.807) is 0 Å². The van der Waals surface area contributed by atoms with Crippen molar-refractivity contribution < 1.29 is 24.3 Å². The minimum atomic E-state index is -1.28. The van der Waals surface area contributed by atoms with Gasteiger partial charge in [0.2, 0.25) is 11.8 Å². The molecule has 0 aliphatic heterocycles. The van der Waals surface area contributed by atoms with Crippen LogP contribution in [0.1, 0.15) is 19.8 Å². The van der Waals surface area contributed by atoms with Crippen molar-refractivity contribution in [1.29, 1.82) is 0 Å². The van der Waals surface area contributed by atoms with Crippen molar-refractivity contribution >= 4 is 23.8 Å². The van der Waals surface area contributed by atoms with Crippen LogP contribution in [0, 0.1) is 0 Å². The summed E-state index contributed by atoms with van der Waals surface area (Å²) in [5, 5.41) is 13.4. The van der Waals surface area contributed by atoms with E-state index in [1.165, 1.54) is 25.9 Å². The first-order valence-electron chi connectivity index (χ1n) is 5.94. The van der Waals surface area contributed by atoms with E-state index in [9.17, 15) is 19.2 Å². The van der Waals surface area contributed by atoms with Crippen LogP contribution < -0.4 is 16.4 Å². The second kappa shape index (κ2) is 7.97. The Morgan fingerprint density at radius 1 is 1.20 bits per heavy atom. The predicted molar refractivity (Wildman–Crippen MR) is 69.7 cm³/mol. The molecule has 1 unspecified atom stereocenters. The second-order valence-corrected chi connectivity index (χ2v) is 4.47. The van der Waals surface area contributed by atoms with Crippen LogP contribution in [0.2, 0.25) is 0 Å². The molecular formula is C11H20N4O5. The van der Waals surface area contributed by atoms with Gasteiger partial charge in [-0.2, -0.15) is 0 Å². The van der Waals surface area contributed by atoms with Crippen molar-refractivity contribution in [2.45, 2.75) is 31.8 Å². The van der Waals surface area contributed by atoms with Gasteiger partial charge in [0.15, 0.2) is 0 Å². The van der Waals surface area contributed by atoms with Gasteiger partial charge < -0.3 is 26.4 Å². The second-order valence-electron chi connectivity index (χ2n) is 4.47. The summed E-state index contributed by atoms with van der Waals surface area (Å²) in [5.74, 6) is -2.27. The summed E-state index contributed by atoms with van der Waals surface area (Å²) in [4.78, 5) is 45.9. The molecule has 0 aromatic rings. The van der Waals surface area contributed by atoms with Crippen LogP contribution in [0.25, 0.3) is 0 Å². The molecule has 0 saturated carbocycles. The number of carboxylic acid groups (broad SMARTS) is 1. The molecule has 0 aromatic carbocycles. The van der Waals surface area contributed by atoms with Crippen LogP contribution in [-0.2, 0) is 14.4 Å². The number of amides is 4. The van der Waals surface area contributed by atoms with Crippen molar-refractivity contribution in [1.82, 2.24) is 15.5 Å². The third kappa shape index (κ3) is 6.57. The molecule has 9 nitrogen and oxygen atoms in total. The number of carbonyl (C=O) groups excluding carboxylic acids is 3. The average Bonchev–Trinajstić information content (AvgIpc) is 2.32. The van der Waals surface area contributed by atoms with Crippen LogP contribution in [-0.4, -0.2) is 60.0 Å². The monoisotopic (exact) mass is 288 g/mol. The molecule has 4 amide bonds. The number of aliphatic carboxylic acids is 1. The molecular weight excluding hydrogens is 268 g/mol. The Labute approximate surface area is 116 Å². The molecule has 0 aliphatic carbocycles. The summed E-state index contributed by atoms with van der Waals surface area (Å²) in [6.07, 6.45) is -0.280. The standard InChI is InChI=1S/C11H20N4O5/c1-6(9(17)15(2)3)13-11(20)14-7(10(18)19)4-5-8(12)16/h6-7H,4-5H2,1-3H3,(H2,12,16)(H,18,19)(H2,13,14,20)/t6?,7-/m1/s1. The number of nitrogens with two attached hydrogens (primary N) is 1. The molecule has 0 rings (SSSR count). The van der Waals surface area contributed by atoms with Crippen molar-refractivity contribution in [3.05, 3.63) is 0 Å². The molecule has 9 heteroatoms. The van der Waals surface area contributed by atoms with Gasteiger partial charge in [-0.25, -0.2) is 9.59 Å². The smallest absolute Gasteiger partial charge is 0.326 e. The zero-order chi connectivity index (χ0) is 15.9. The van der Waals surface area contributed by atoms with E-state index in [-0.39, 0.29) is 18.7 Å². The SMILES string of the molecule is CC(NC(=O)N[C@H](CCC(N)=O)C(=O)O)C(=O)N(C)C. The van der Waals surface area contributed by atoms with E-state index in [1.807, 2.05) is 0 Å². The highest BCUT2D eigenvalue weighted by Crippen LogP contribution is 1.98. The zero-order valence-corrected chi connectivity index (χ0v) is 11.7. The number of primary amides is 1. The molecule has 0 fully saturated rings. The number of hydrogen-bond donors (Lipinski definition) is 4. The number of nitrogens with one attached hydrogen (secondary N) is 2. The summed E-state index contributed by atoms with van der Waals surface area (Å²) in [7, 11) is 3.07. The Hall–Kier alpha value is -2.32. The molecule has 2 atom stereocenters. The third-order valence-corrected chi connectivity index (χ3v) is 2.44. The highest BCUT2D eigenvalue weighted by atomic mass is 16.4. The van der Waals surface area contributed by atoms with E-state index in [0.717, 1.165) is 0 Å². The van der Waals surface area contributed by atoms with Crippen LogP contribution in [0.15, 0.2) is 0 Å². The largest absolute Gasteiger partial charge is 0.480 e. The van der Waals surface area contributed by atoms with Crippen LogP contribution in [0.4, 0.5) is 4.79 Å². The maximum Gasteiger partial charge on any atom is 0.326 e. The van der Waals surface area contributed by atoms with E-state index in [0.29, 0.717) is 0 Å². The minimum Gasteiger partial charge on any atom is -0.480 e. The lowest BCUT2D eigenvalue weighted by atomic mass is 10.1. The van der Waals surface area contributed by atoms with Crippen molar-refractivity contribution in [2.75, 3.05) is 14.1 Å². The van der Waals surface area contributed by atoms with Crippen LogP contribution >= 0.6 is 0 Å². The number of nitrogens with zero attached hydrogens (tertiary/aromatic N) is 1. The van der Waals surface area contributed by atoms with Gasteiger partial charge in [0.1, 0.15) is 12.1 Å². The summed E-state index contributed by atoms with van der Waals surface area (Å²) >= 11 is 0. The number of carboxylic acids is 1. The maximum atomic E-state index is 11.6. The van der Waals surface area contributed by atoms with Gasteiger partial charge in [0, 0.05) is 20.5 Å². The fraction of sp³-hybridized carbons (Fsp3) is 0.636. The van der Waals surface area contributed by atoms with Crippen molar-refractivity contribution in [2.24, 2.45) is 5.73 Å². The fourth-order valence-corrected chi connectivity index (χ4v) is 1.39. The molecule has 0 aromatic heterocycles. The molecule has 5 N–H and O–H groups in total. The molecule has 114 valence electrons. The van der Waals surface area contributed by atoms with Gasteiger partial charge in [-0.05, 0) is 13.3 Å². The summed E-state index contributed by atoms with van der Waals surface area (Å²) in [6, 6.07) is -2.84. The summed E-state index contributed by atoms with van der Waals surface area (Å²) in [5.41, 5.74) is 4.92. The van der Waals surface area contributed by atoms with Crippen LogP contribution in [0.3, 0.4) is 0 Å². The molecule has 20 heavy (non-hydrogen) atoms. The highest BCUT2D eigenvalue weighted by Gasteiger charge is 2.23. The predicted octanol–water partition coefficient (Wildman–Crippen LogP) is -1.52. The quantitative estimate of drug-likeness (QED) is 0.450. The van der Waals surface area contributed by atoms with Gasteiger partial charge in [0.25, 0.3) is 0 Å². The first-order valence-corrected chi connectivity index (χ1v) is 5.94. The Kier molecular flexibility index (Phi) is 7.05. The number of carbonyl (C=O) groups is 4. The normalized spacial score (nSPS) is 12.9. The Balaban J connectivity index is 4.43. The van der Waals surface area contributed by atoms with Crippen LogP contribution in [0.5, 0.6) is 0 Å². The average molecular weight is 288 g/mol. The number of urea groups is 1. The Morgan fingerprint density at radius 3 is 2.15 bits per heavy atom. The van der Waals surface area contributed by atoms with Crippen molar-refractivity contribution in [3.63, 3.8) is 0 Å². The summed E-state index contributed by atoms with van der Waals surface area (Å²) in [6.45, 7) is 1.47. The number of hydrogen-bond acceptors (Lipinski definition) is 4. The Morgan fingerprint density at radius 2 is 1.75 bits per heavy atom. The highest BCUT2D eigenvalue weighted by molar-refractivity contribution is 5.88. The first-order chi connectivity index (χ1) is 9.15. The fourth-order valence-electron chi connectivity index (χ4n) is 1.39. The molecule has 0 radical (unpaired) electrons. The number of likely N-dealkylation sites (N-methyl/N-ethyl adjacent to an activating group) is 1. The zero-order valence-electron chi connectivity index (χ0n) is 11.7. The lowest BCUT2D eigenvalue weighted by Crippen LogP contribution is -2.52. The lowest BCUT2D eigenvalue weighted by molar-refractivity contribution is -0.139. The van der Waals surface area contributed by atoms with E-state index in [2.05, 4.69) is 10.6 Å². The minimum absolute atomic E-state index is 0.117. The molecule has 0 bridgehead atoms. The van der Waals surface area contributed by atoms with Crippen molar-refractivity contribution in [3.8, 4) is 0 Å². The van der Waals surface area contributed by atoms with Gasteiger partial charge in [0.05, 0.1) is 0 Å². The molecule has 0 spiro atoms. The van der Waals surface area contributed by atoms with Gasteiger partial charge in [-0.3, -0.25) is 9.59 Å². The number of rotatable bonds is 7. The first kappa shape index (κ1) is 17.7. The summed E-state index contributed by atoms with van der Waals surface area (Å²) < 4.78 is 0. The molecule has 0 aliphatic rings. The van der Waals surface area contributed by atoms with Gasteiger partial charge in [-0.1, -0.05) is 0 Å². The maximum absolute atomic E-state index is 11.6. The molecule has 0 saturated heterocycles. The Bertz CT molecular complexity index is 396.